The molecule has 0 aliphatic heterocycles. The molecule has 78 valence electrons. The van der Waals surface area contributed by atoms with Crippen molar-refractivity contribution in [2.75, 3.05) is 0 Å². The van der Waals surface area contributed by atoms with Crippen molar-refractivity contribution < 1.29 is 0 Å². The van der Waals surface area contributed by atoms with E-state index in [1.807, 2.05) is 37.3 Å². The van der Waals surface area contributed by atoms with Gasteiger partial charge < -0.3 is 0 Å². The summed E-state index contributed by atoms with van der Waals surface area (Å²) in [5, 5.41) is 0. The predicted molar refractivity (Wildman–Crippen MR) is 66.9 cm³/mol. The molecule has 2 aromatic heterocycles. The number of pyridine rings is 2. The molecule has 0 fully saturated rings. The Labute approximate surface area is 103 Å². The van der Waals surface area contributed by atoms with Crippen LogP contribution in [0, 0.1) is 18.8 Å². The normalized spacial score (nSPS) is 9.38. The Balaban J connectivity index is 2.32. The van der Waals surface area contributed by atoms with Crippen LogP contribution >= 0.6 is 15.9 Å². The maximum absolute atomic E-state index is 4.31. The van der Waals surface area contributed by atoms with E-state index in [0.29, 0.717) is 0 Å². The van der Waals surface area contributed by atoms with Crippen molar-refractivity contribution in [3.8, 4) is 11.8 Å². The number of hydrogen-bond donors (Lipinski definition) is 0. The summed E-state index contributed by atoms with van der Waals surface area (Å²) in [5.74, 6) is 6.05. The first kappa shape index (κ1) is 10.8. The van der Waals surface area contributed by atoms with Gasteiger partial charge in [0.25, 0.3) is 0 Å². The van der Waals surface area contributed by atoms with E-state index in [1.165, 1.54) is 0 Å². The third kappa shape index (κ3) is 2.68. The largest absolute Gasteiger partial charge is 0.248 e. The summed E-state index contributed by atoms with van der Waals surface area (Å²) in [6.07, 6.45) is 1.72. The smallest absolute Gasteiger partial charge is 0.121 e. The lowest BCUT2D eigenvalue weighted by molar-refractivity contribution is 1.18. The number of rotatable bonds is 0. The van der Waals surface area contributed by atoms with Crippen LogP contribution in [-0.4, -0.2) is 9.97 Å². The van der Waals surface area contributed by atoms with E-state index in [9.17, 15) is 0 Å². The molecule has 16 heavy (non-hydrogen) atoms. The molecule has 0 aliphatic rings. The maximum Gasteiger partial charge on any atom is 0.121 e. The maximum atomic E-state index is 4.31. The summed E-state index contributed by atoms with van der Waals surface area (Å²) in [7, 11) is 0. The molecule has 0 aromatic carbocycles. The zero-order chi connectivity index (χ0) is 11.4. The molecule has 0 radical (unpaired) electrons. The molecule has 2 rings (SSSR count). The van der Waals surface area contributed by atoms with Gasteiger partial charge in [0, 0.05) is 11.9 Å². The summed E-state index contributed by atoms with van der Waals surface area (Å²) in [4.78, 5) is 8.41. The number of hydrogen-bond acceptors (Lipinski definition) is 2. The van der Waals surface area contributed by atoms with Crippen LogP contribution in [0.1, 0.15) is 17.0 Å². The SMILES string of the molecule is Cc1cccc(C#Cc2cccnc2Br)n1. The highest BCUT2D eigenvalue weighted by Crippen LogP contribution is 2.10. The van der Waals surface area contributed by atoms with E-state index in [0.717, 1.165) is 21.6 Å². The summed E-state index contributed by atoms with van der Waals surface area (Å²) >= 11 is 3.35. The summed E-state index contributed by atoms with van der Waals surface area (Å²) < 4.78 is 0.759. The first-order chi connectivity index (χ1) is 7.75. The Morgan fingerprint density at radius 1 is 1.12 bits per heavy atom. The van der Waals surface area contributed by atoms with Crippen molar-refractivity contribution in [3.63, 3.8) is 0 Å². The molecule has 0 N–H and O–H groups in total. The first-order valence-electron chi connectivity index (χ1n) is 4.82. The Bertz CT molecular complexity index is 567. The van der Waals surface area contributed by atoms with Crippen molar-refractivity contribution in [3.05, 3.63) is 58.1 Å². The van der Waals surface area contributed by atoms with Crippen molar-refractivity contribution in [1.29, 1.82) is 0 Å². The second-order valence-corrected chi connectivity index (χ2v) is 4.01. The van der Waals surface area contributed by atoms with Crippen LogP contribution < -0.4 is 0 Å². The van der Waals surface area contributed by atoms with Crippen molar-refractivity contribution in [2.24, 2.45) is 0 Å². The highest BCUT2D eigenvalue weighted by Gasteiger charge is 1.94. The third-order valence-corrected chi connectivity index (χ3v) is 2.60. The summed E-state index contributed by atoms with van der Waals surface area (Å²) in [6.45, 7) is 1.95. The van der Waals surface area contributed by atoms with Crippen LogP contribution in [0.25, 0.3) is 0 Å². The molecule has 0 amide bonds. The molecule has 2 heterocycles. The lowest BCUT2D eigenvalue weighted by atomic mass is 10.2. The van der Waals surface area contributed by atoms with Gasteiger partial charge in [-0.1, -0.05) is 12.0 Å². The lowest BCUT2D eigenvalue weighted by Crippen LogP contribution is -1.85. The molecule has 0 unspecified atom stereocenters. The van der Waals surface area contributed by atoms with Gasteiger partial charge in [-0.05, 0) is 53.0 Å². The summed E-state index contributed by atoms with van der Waals surface area (Å²) in [5.41, 5.74) is 2.61. The van der Waals surface area contributed by atoms with Crippen LogP contribution in [0.3, 0.4) is 0 Å². The monoisotopic (exact) mass is 272 g/mol. The van der Waals surface area contributed by atoms with Crippen molar-refractivity contribution in [2.45, 2.75) is 6.92 Å². The first-order valence-corrected chi connectivity index (χ1v) is 5.61. The zero-order valence-electron chi connectivity index (χ0n) is 8.74. The molecule has 0 aliphatic carbocycles. The van der Waals surface area contributed by atoms with E-state index in [-0.39, 0.29) is 0 Å². The minimum atomic E-state index is 0.759. The Morgan fingerprint density at radius 3 is 2.75 bits per heavy atom. The molecule has 0 bridgehead atoms. The van der Waals surface area contributed by atoms with E-state index in [1.54, 1.807) is 6.20 Å². The molecule has 0 saturated carbocycles. The second-order valence-electron chi connectivity index (χ2n) is 3.26. The molecular weight excluding hydrogens is 264 g/mol. The molecule has 0 spiro atoms. The zero-order valence-corrected chi connectivity index (χ0v) is 10.3. The molecule has 3 heteroatoms. The van der Waals surface area contributed by atoms with Gasteiger partial charge >= 0.3 is 0 Å². The summed E-state index contributed by atoms with van der Waals surface area (Å²) in [6, 6.07) is 9.57. The molecular formula is C13H9BrN2. The van der Waals surface area contributed by atoms with E-state index in [2.05, 4.69) is 37.7 Å². The van der Waals surface area contributed by atoms with Gasteiger partial charge in [0.1, 0.15) is 10.3 Å². The standard InChI is InChI=1S/C13H9BrN2/c1-10-4-2-6-12(16-10)8-7-11-5-3-9-15-13(11)14/h2-6,9H,1H3. The van der Waals surface area contributed by atoms with Crippen molar-refractivity contribution in [1.82, 2.24) is 9.97 Å². The van der Waals surface area contributed by atoms with E-state index < -0.39 is 0 Å². The van der Waals surface area contributed by atoms with Gasteiger partial charge in [0.05, 0.1) is 5.56 Å². The van der Waals surface area contributed by atoms with E-state index in [4.69, 9.17) is 0 Å². The van der Waals surface area contributed by atoms with Crippen LogP contribution in [0.4, 0.5) is 0 Å². The quantitative estimate of drug-likeness (QED) is 0.544. The molecule has 0 atom stereocenters. The topological polar surface area (TPSA) is 25.8 Å². The van der Waals surface area contributed by atoms with Crippen LogP contribution in [0.5, 0.6) is 0 Å². The highest BCUT2D eigenvalue weighted by atomic mass is 79.9. The Kier molecular flexibility index (Phi) is 3.33. The van der Waals surface area contributed by atoms with Gasteiger partial charge in [0.2, 0.25) is 0 Å². The van der Waals surface area contributed by atoms with Gasteiger partial charge in [-0.25, -0.2) is 9.97 Å². The van der Waals surface area contributed by atoms with Gasteiger partial charge in [-0.2, -0.15) is 0 Å². The second kappa shape index (κ2) is 4.91. The van der Waals surface area contributed by atoms with Crippen LogP contribution in [0.2, 0.25) is 0 Å². The van der Waals surface area contributed by atoms with Crippen molar-refractivity contribution >= 4 is 15.9 Å². The fourth-order valence-electron chi connectivity index (χ4n) is 1.22. The van der Waals surface area contributed by atoms with Gasteiger partial charge in [-0.3, -0.25) is 0 Å². The Morgan fingerprint density at radius 2 is 2.00 bits per heavy atom. The molecule has 2 nitrogen and oxygen atoms in total. The number of aromatic nitrogens is 2. The molecule has 2 aromatic rings. The minimum Gasteiger partial charge on any atom is -0.248 e. The average Bonchev–Trinajstić information content (AvgIpc) is 2.28. The number of nitrogens with zero attached hydrogens (tertiary/aromatic N) is 2. The molecule has 0 saturated heterocycles. The van der Waals surface area contributed by atoms with Crippen LogP contribution in [-0.2, 0) is 0 Å². The number of aryl methyl sites for hydroxylation is 1. The Hall–Kier alpha value is -1.66. The van der Waals surface area contributed by atoms with E-state index >= 15 is 0 Å². The van der Waals surface area contributed by atoms with Crippen LogP contribution in [0.15, 0.2) is 41.1 Å². The predicted octanol–water partition coefficient (Wildman–Crippen LogP) is 2.95. The van der Waals surface area contributed by atoms with Gasteiger partial charge in [-0.15, -0.1) is 0 Å². The third-order valence-electron chi connectivity index (χ3n) is 1.97. The number of halogens is 1. The fraction of sp³-hybridized carbons (Fsp3) is 0.0769. The lowest BCUT2D eigenvalue weighted by Gasteiger charge is -1.93. The average molecular weight is 273 g/mol. The minimum absolute atomic E-state index is 0.759. The highest BCUT2D eigenvalue weighted by molar-refractivity contribution is 9.10. The fourth-order valence-corrected chi connectivity index (χ4v) is 1.57. The van der Waals surface area contributed by atoms with Gasteiger partial charge in [0.15, 0.2) is 0 Å².